The van der Waals surface area contributed by atoms with E-state index in [-0.39, 0.29) is 5.91 Å². The number of rotatable bonds is 6. The Balaban J connectivity index is 1.65. The molecule has 1 N–H and O–H groups in total. The maximum atomic E-state index is 13.1. The Morgan fingerprint density at radius 2 is 1.93 bits per heavy atom. The molecule has 3 aromatic heterocycles. The molecular weight excluding hydrogens is 352 g/mol. The number of aromatic amines is 1. The van der Waals surface area contributed by atoms with Gasteiger partial charge in [0.15, 0.2) is 0 Å². The van der Waals surface area contributed by atoms with Crippen LogP contribution in [0.25, 0.3) is 5.69 Å². The third kappa shape index (κ3) is 3.83. The van der Waals surface area contributed by atoms with Crippen LogP contribution >= 0.6 is 0 Å². The Hall–Kier alpha value is -3.74. The van der Waals surface area contributed by atoms with Crippen molar-refractivity contribution in [2.75, 3.05) is 0 Å². The van der Waals surface area contributed by atoms with Crippen LogP contribution in [-0.2, 0) is 13.1 Å². The number of para-hydroxylation sites is 1. The van der Waals surface area contributed by atoms with E-state index in [0.717, 1.165) is 22.6 Å². The van der Waals surface area contributed by atoms with Gasteiger partial charge in [0.1, 0.15) is 5.69 Å². The molecule has 0 aliphatic carbocycles. The van der Waals surface area contributed by atoms with Crippen molar-refractivity contribution < 1.29 is 4.79 Å². The number of benzene rings is 1. The molecule has 0 saturated heterocycles. The van der Waals surface area contributed by atoms with Crippen LogP contribution in [0.2, 0.25) is 0 Å². The molecule has 0 bridgehead atoms. The van der Waals surface area contributed by atoms with Crippen molar-refractivity contribution in [2.24, 2.45) is 0 Å². The molecule has 4 rings (SSSR count). The van der Waals surface area contributed by atoms with E-state index in [1.165, 1.54) is 0 Å². The highest BCUT2D eigenvalue weighted by molar-refractivity contribution is 5.92. The van der Waals surface area contributed by atoms with Crippen LogP contribution in [0, 0.1) is 6.92 Å². The van der Waals surface area contributed by atoms with Crippen molar-refractivity contribution in [1.82, 2.24) is 29.9 Å². The lowest BCUT2D eigenvalue weighted by Crippen LogP contribution is -2.31. The van der Waals surface area contributed by atoms with Gasteiger partial charge in [-0.1, -0.05) is 24.3 Å². The fraction of sp³-hybridized carbons (Fsp3) is 0.143. The Kier molecular flexibility index (Phi) is 4.97. The quantitative estimate of drug-likeness (QED) is 0.564. The van der Waals surface area contributed by atoms with E-state index in [4.69, 9.17) is 0 Å². The largest absolute Gasteiger partial charge is 0.327 e. The molecule has 140 valence electrons. The van der Waals surface area contributed by atoms with Crippen molar-refractivity contribution in [1.29, 1.82) is 0 Å². The third-order valence-corrected chi connectivity index (χ3v) is 4.38. The molecule has 7 nitrogen and oxygen atoms in total. The van der Waals surface area contributed by atoms with Gasteiger partial charge in [-0.2, -0.15) is 10.2 Å². The maximum Gasteiger partial charge on any atom is 0.275 e. The summed E-state index contributed by atoms with van der Waals surface area (Å²) in [6.07, 6.45) is 5.23. The summed E-state index contributed by atoms with van der Waals surface area (Å²) in [6.45, 7) is 2.70. The summed E-state index contributed by atoms with van der Waals surface area (Å²) in [7, 11) is 0. The molecule has 1 aromatic carbocycles. The first-order valence-electron chi connectivity index (χ1n) is 8.99. The van der Waals surface area contributed by atoms with Gasteiger partial charge in [0.2, 0.25) is 0 Å². The summed E-state index contributed by atoms with van der Waals surface area (Å²) in [4.78, 5) is 19.0. The van der Waals surface area contributed by atoms with E-state index in [0.29, 0.717) is 18.8 Å². The van der Waals surface area contributed by atoms with Gasteiger partial charge >= 0.3 is 0 Å². The van der Waals surface area contributed by atoms with Crippen molar-refractivity contribution in [3.8, 4) is 5.69 Å². The number of carbonyl (C=O) groups excluding carboxylic acids is 1. The van der Waals surface area contributed by atoms with Crippen molar-refractivity contribution in [3.63, 3.8) is 0 Å². The number of nitrogens with one attached hydrogen (secondary N) is 1. The van der Waals surface area contributed by atoms with Crippen LogP contribution in [-0.4, -0.2) is 35.8 Å². The Bertz CT molecular complexity index is 1050. The summed E-state index contributed by atoms with van der Waals surface area (Å²) >= 11 is 0. The number of aromatic nitrogens is 5. The molecule has 0 radical (unpaired) electrons. The topological polar surface area (TPSA) is 79.7 Å². The van der Waals surface area contributed by atoms with Crippen molar-refractivity contribution in [3.05, 3.63) is 95.8 Å². The second kappa shape index (κ2) is 7.87. The number of amides is 1. The van der Waals surface area contributed by atoms with Gasteiger partial charge in [0.05, 0.1) is 17.9 Å². The normalized spacial score (nSPS) is 10.8. The van der Waals surface area contributed by atoms with E-state index < -0.39 is 0 Å². The van der Waals surface area contributed by atoms with Gasteiger partial charge in [-0.25, -0.2) is 4.68 Å². The van der Waals surface area contributed by atoms with Crippen LogP contribution in [0.15, 0.2) is 73.2 Å². The lowest BCUT2D eigenvalue weighted by molar-refractivity contribution is 0.0720. The molecule has 1 amide bonds. The van der Waals surface area contributed by atoms with Crippen molar-refractivity contribution in [2.45, 2.75) is 20.0 Å². The van der Waals surface area contributed by atoms with E-state index >= 15 is 0 Å². The third-order valence-electron chi connectivity index (χ3n) is 4.38. The van der Waals surface area contributed by atoms with Crippen LogP contribution in [0.1, 0.15) is 27.4 Å². The first-order valence-corrected chi connectivity index (χ1v) is 8.99. The highest BCUT2D eigenvalue weighted by Gasteiger charge is 2.21. The smallest absolute Gasteiger partial charge is 0.275 e. The second-order valence-electron chi connectivity index (χ2n) is 6.53. The predicted molar refractivity (Wildman–Crippen MR) is 105 cm³/mol. The van der Waals surface area contributed by atoms with Gasteiger partial charge in [-0.15, -0.1) is 0 Å². The van der Waals surface area contributed by atoms with Gasteiger partial charge < -0.3 is 4.90 Å². The van der Waals surface area contributed by atoms with Crippen LogP contribution < -0.4 is 0 Å². The second-order valence-corrected chi connectivity index (χ2v) is 6.53. The monoisotopic (exact) mass is 372 g/mol. The number of nitrogens with zero attached hydrogens (tertiary/aromatic N) is 5. The summed E-state index contributed by atoms with van der Waals surface area (Å²) < 4.78 is 1.85. The molecule has 7 heteroatoms. The highest BCUT2D eigenvalue weighted by Crippen LogP contribution is 2.16. The zero-order valence-electron chi connectivity index (χ0n) is 15.5. The molecule has 4 aromatic rings. The Morgan fingerprint density at radius 1 is 1.07 bits per heavy atom. The fourth-order valence-corrected chi connectivity index (χ4v) is 3.05. The minimum atomic E-state index is -0.144. The summed E-state index contributed by atoms with van der Waals surface area (Å²) in [5.41, 5.74) is 4.06. The van der Waals surface area contributed by atoms with Crippen LogP contribution in [0.5, 0.6) is 0 Å². The van der Waals surface area contributed by atoms with E-state index in [1.54, 1.807) is 29.6 Å². The van der Waals surface area contributed by atoms with Crippen molar-refractivity contribution >= 4 is 5.91 Å². The molecule has 0 aliphatic heterocycles. The molecule has 3 heterocycles. The number of aryl methyl sites for hydroxylation is 1. The summed E-state index contributed by atoms with van der Waals surface area (Å²) in [6, 6.07) is 17.4. The number of hydrogen-bond acceptors (Lipinski definition) is 4. The van der Waals surface area contributed by atoms with E-state index in [9.17, 15) is 4.79 Å². The molecule has 0 aliphatic rings. The number of H-pyrrole nitrogens is 1. The van der Waals surface area contributed by atoms with Gasteiger partial charge in [-0.05, 0) is 42.8 Å². The average molecular weight is 372 g/mol. The summed E-state index contributed by atoms with van der Waals surface area (Å²) in [5, 5.41) is 11.4. The van der Waals surface area contributed by atoms with Gasteiger partial charge in [0, 0.05) is 30.8 Å². The summed E-state index contributed by atoms with van der Waals surface area (Å²) in [5.74, 6) is -0.144. The average Bonchev–Trinajstić information content (AvgIpc) is 3.37. The van der Waals surface area contributed by atoms with Crippen LogP contribution in [0.3, 0.4) is 0 Å². The molecule has 0 spiro atoms. The lowest BCUT2D eigenvalue weighted by atomic mass is 10.2. The molecule has 0 saturated carbocycles. The fourth-order valence-electron chi connectivity index (χ4n) is 3.05. The molecule has 0 unspecified atom stereocenters. The minimum Gasteiger partial charge on any atom is -0.327 e. The Labute approximate surface area is 162 Å². The first-order chi connectivity index (χ1) is 13.7. The van der Waals surface area contributed by atoms with E-state index in [1.807, 2.05) is 60.1 Å². The standard InChI is InChI=1S/C21H20N6O/c1-16-12-20(25-24-16)21(28)26(14-17-6-5-10-22-13-17)15-19-9-11-23-27(19)18-7-3-2-4-8-18/h2-13H,14-15H2,1H3,(H,24,25). The van der Waals surface area contributed by atoms with E-state index in [2.05, 4.69) is 20.3 Å². The predicted octanol–water partition coefficient (Wildman–Crippen LogP) is 3.14. The zero-order valence-corrected chi connectivity index (χ0v) is 15.5. The molecule has 0 atom stereocenters. The number of hydrogen-bond donors (Lipinski definition) is 1. The van der Waals surface area contributed by atoms with Gasteiger partial charge in [0.25, 0.3) is 5.91 Å². The highest BCUT2D eigenvalue weighted by atomic mass is 16.2. The molecule has 28 heavy (non-hydrogen) atoms. The molecular formula is C21H20N6O. The maximum absolute atomic E-state index is 13.1. The molecule has 0 fully saturated rings. The first kappa shape index (κ1) is 17.7. The zero-order chi connectivity index (χ0) is 19.3. The lowest BCUT2D eigenvalue weighted by Gasteiger charge is -2.22. The van der Waals surface area contributed by atoms with Gasteiger partial charge in [-0.3, -0.25) is 14.9 Å². The Morgan fingerprint density at radius 3 is 2.64 bits per heavy atom. The number of carbonyl (C=O) groups is 1. The van der Waals surface area contributed by atoms with Crippen LogP contribution in [0.4, 0.5) is 0 Å². The minimum absolute atomic E-state index is 0.144. The SMILES string of the molecule is Cc1cc(C(=O)N(Cc2cccnc2)Cc2ccnn2-c2ccccc2)n[nH]1. The number of pyridine rings is 1.